The largest absolute Gasteiger partial charge is 1.00 e. The third kappa shape index (κ3) is 2.08. The van der Waals surface area contributed by atoms with Gasteiger partial charge in [0.15, 0.2) is 0 Å². The van der Waals surface area contributed by atoms with E-state index >= 15 is 0 Å². The van der Waals surface area contributed by atoms with Gasteiger partial charge in [-0.05, 0) is 23.7 Å². The van der Waals surface area contributed by atoms with Crippen LogP contribution in [0.3, 0.4) is 0 Å². The van der Waals surface area contributed by atoms with Crippen LogP contribution in [0.2, 0.25) is 0 Å². The van der Waals surface area contributed by atoms with Gasteiger partial charge in [0, 0.05) is 5.92 Å². The first kappa shape index (κ1) is 14.8. The van der Waals surface area contributed by atoms with Crippen molar-refractivity contribution in [2.45, 2.75) is 27.2 Å². The van der Waals surface area contributed by atoms with Gasteiger partial charge in [-0.25, -0.2) is 0 Å². The highest BCUT2D eigenvalue weighted by molar-refractivity contribution is 5.92. The molecule has 0 aromatic carbocycles. The molecule has 2 bridgehead atoms. The Labute approximate surface area is 111 Å². The summed E-state index contributed by atoms with van der Waals surface area (Å²) in [7, 11) is 4.36. The van der Waals surface area contributed by atoms with Gasteiger partial charge in [-0.3, -0.25) is 0 Å². The summed E-state index contributed by atoms with van der Waals surface area (Å²) < 4.78 is 0. The second-order valence-corrected chi connectivity index (χ2v) is 6.60. The van der Waals surface area contributed by atoms with E-state index in [0.29, 0.717) is 29.1 Å². The highest BCUT2D eigenvalue weighted by Crippen LogP contribution is 2.59. The zero-order valence-corrected chi connectivity index (χ0v) is 12.3. The molecule has 2 N–H and O–H groups in total. The fourth-order valence-electron chi connectivity index (χ4n) is 4.01. The van der Waals surface area contributed by atoms with Crippen molar-refractivity contribution in [2.75, 3.05) is 20.6 Å². The van der Waals surface area contributed by atoms with Gasteiger partial charge in [-0.2, -0.15) is 0 Å². The molecule has 0 aromatic heterocycles. The molecule has 4 heteroatoms. The Kier molecular flexibility index (Phi) is 4.15. The summed E-state index contributed by atoms with van der Waals surface area (Å²) in [6, 6.07) is 0. The van der Waals surface area contributed by atoms with Crippen molar-refractivity contribution in [3.8, 4) is 0 Å². The summed E-state index contributed by atoms with van der Waals surface area (Å²) in [6.07, 6.45) is 1.23. The van der Waals surface area contributed by atoms with Crippen LogP contribution in [0.4, 0.5) is 0 Å². The number of hydrogen-bond donors (Lipinski definition) is 2. The molecule has 2 aliphatic rings. The molecule has 0 saturated heterocycles. The molecular weight excluding hydrogens is 236 g/mol. The van der Waals surface area contributed by atoms with Crippen LogP contribution in [-0.4, -0.2) is 31.6 Å². The maximum atomic E-state index is 9.24. The smallest absolute Gasteiger partial charge is 0.0852 e. The van der Waals surface area contributed by atoms with Crippen LogP contribution in [0.1, 0.15) is 27.2 Å². The highest BCUT2D eigenvalue weighted by Gasteiger charge is 2.59. The van der Waals surface area contributed by atoms with Gasteiger partial charge in [0.2, 0.25) is 0 Å². The fraction of sp³-hybridized carbons (Fsp3) is 0.923. The Morgan fingerprint density at radius 2 is 2.00 bits per heavy atom. The summed E-state index contributed by atoms with van der Waals surface area (Å²) in [5, 5.41) is 12.9. The number of quaternary nitrogens is 1. The number of nitrogens with one attached hydrogen (secondary N) is 1. The Bertz CT molecular complexity index is 315. The maximum absolute atomic E-state index is 9.24. The first-order valence-corrected chi connectivity index (χ1v) is 6.40. The van der Waals surface area contributed by atoms with Crippen molar-refractivity contribution in [2.24, 2.45) is 34.2 Å². The first-order valence-electron chi connectivity index (χ1n) is 6.40. The SMILES string of the molecule is CC1C2CC(C(C[NH+](C)C)C2=NO)C1(C)C.[Cl-]. The second kappa shape index (κ2) is 4.77. The highest BCUT2D eigenvalue weighted by atomic mass is 35.5. The molecule has 0 spiro atoms. The summed E-state index contributed by atoms with van der Waals surface area (Å²) in [5.41, 5.74) is 1.48. The minimum atomic E-state index is 0. The minimum absolute atomic E-state index is 0. The average Bonchev–Trinajstić information content (AvgIpc) is 2.63. The maximum Gasteiger partial charge on any atom is 0.0852 e. The lowest BCUT2D eigenvalue weighted by Gasteiger charge is -2.40. The van der Waals surface area contributed by atoms with E-state index in [4.69, 9.17) is 0 Å². The molecule has 2 fully saturated rings. The zero-order chi connectivity index (χ0) is 12.1. The number of rotatable bonds is 2. The van der Waals surface area contributed by atoms with Crippen LogP contribution >= 0.6 is 0 Å². The Hall–Kier alpha value is -0.280. The van der Waals surface area contributed by atoms with Crippen molar-refractivity contribution < 1.29 is 22.5 Å². The lowest BCUT2D eigenvalue weighted by Crippen LogP contribution is -3.06. The first-order chi connectivity index (χ1) is 7.39. The molecule has 2 aliphatic carbocycles. The van der Waals surface area contributed by atoms with Crippen molar-refractivity contribution in [3.63, 3.8) is 0 Å². The molecule has 17 heavy (non-hydrogen) atoms. The van der Waals surface area contributed by atoms with Crippen LogP contribution in [0.5, 0.6) is 0 Å². The number of nitrogens with zero attached hydrogens (tertiary/aromatic N) is 1. The molecule has 2 saturated carbocycles. The molecular formula is C13H25ClN2O. The van der Waals surface area contributed by atoms with Crippen LogP contribution in [-0.2, 0) is 0 Å². The summed E-state index contributed by atoms with van der Waals surface area (Å²) in [5.74, 6) is 2.37. The predicted molar refractivity (Wildman–Crippen MR) is 64.9 cm³/mol. The van der Waals surface area contributed by atoms with Gasteiger partial charge in [0.25, 0.3) is 0 Å². The number of fused-ring (bicyclic) bond motifs is 2. The molecule has 0 aliphatic heterocycles. The van der Waals surface area contributed by atoms with Gasteiger partial charge in [-0.15, -0.1) is 0 Å². The zero-order valence-electron chi connectivity index (χ0n) is 11.5. The van der Waals surface area contributed by atoms with Crippen LogP contribution < -0.4 is 17.3 Å². The van der Waals surface area contributed by atoms with E-state index in [1.165, 1.54) is 11.3 Å². The van der Waals surface area contributed by atoms with E-state index in [0.717, 1.165) is 12.3 Å². The monoisotopic (exact) mass is 260 g/mol. The fourth-order valence-corrected chi connectivity index (χ4v) is 4.01. The quantitative estimate of drug-likeness (QED) is 0.433. The van der Waals surface area contributed by atoms with E-state index < -0.39 is 0 Å². The Balaban J connectivity index is 0.00000144. The lowest BCUT2D eigenvalue weighted by atomic mass is 9.64. The molecule has 0 heterocycles. The minimum Gasteiger partial charge on any atom is -1.00 e. The molecule has 100 valence electrons. The molecule has 0 aromatic rings. The van der Waals surface area contributed by atoms with E-state index in [1.54, 1.807) is 0 Å². The van der Waals surface area contributed by atoms with Crippen molar-refractivity contribution in [1.82, 2.24) is 0 Å². The van der Waals surface area contributed by atoms with Crippen molar-refractivity contribution >= 4 is 5.71 Å². The van der Waals surface area contributed by atoms with E-state index in [9.17, 15) is 5.21 Å². The van der Waals surface area contributed by atoms with Gasteiger partial charge in [0.05, 0.1) is 32.3 Å². The average molecular weight is 261 g/mol. The van der Waals surface area contributed by atoms with Gasteiger partial charge in [0.1, 0.15) is 0 Å². The molecule has 0 amide bonds. The van der Waals surface area contributed by atoms with Crippen molar-refractivity contribution in [3.05, 3.63) is 0 Å². The van der Waals surface area contributed by atoms with E-state index in [2.05, 4.69) is 40.0 Å². The standard InChI is InChI=1S/C13H24N2O.ClH/c1-8-9-6-11(13(8,2)3)10(7-15(4)5)12(9)14-16;/h8-11,16H,6-7H2,1-5H3;1H. The molecule has 2 rings (SSSR count). The second-order valence-electron chi connectivity index (χ2n) is 6.60. The van der Waals surface area contributed by atoms with E-state index in [-0.39, 0.29) is 12.4 Å². The number of oxime groups is 1. The molecule has 0 radical (unpaired) electrons. The van der Waals surface area contributed by atoms with Gasteiger partial charge in [-0.1, -0.05) is 25.9 Å². The molecule has 3 nitrogen and oxygen atoms in total. The lowest BCUT2D eigenvalue weighted by molar-refractivity contribution is -0.861. The molecule has 4 unspecified atom stereocenters. The van der Waals surface area contributed by atoms with Gasteiger partial charge < -0.3 is 22.5 Å². The summed E-state index contributed by atoms with van der Waals surface area (Å²) >= 11 is 0. The topological polar surface area (TPSA) is 37.0 Å². The van der Waals surface area contributed by atoms with Crippen LogP contribution in [0.25, 0.3) is 0 Å². The summed E-state index contributed by atoms with van der Waals surface area (Å²) in [4.78, 5) is 1.45. The predicted octanol–water partition coefficient (Wildman–Crippen LogP) is -2.11. The van der Waals surface area contributed by atoms with Gasteiger partial charge >= 0.3 is 0 Å². The van der Waals surface area contributed by atoms with Crippen LogP contribution in [0.15, 0.2) is 5.16 Å². The number of halogens is 1. The van der Waals surface area contributed by atoms with Crippen LogP contribution in [0, 0.1) is 29.1 Å². The Morgan fingerprint density at radius 3 is 2.47 bits per heavy atom. The normalized spacial score (nSPS) is 40.9. The summed E-state index contributed by atoms with van der Waals surface area (Å²) in [6.45, 7) is 8.17. The third-order valence-corrected chi connectivity index (χ3v) is 5.23. The van der Waals surface area contributed by atoms with Crippen molar-refractivity contribution in [1.29, 1.82) is 0 Å². The molecule has 4 atom stereocenters. The number of hydrogen-bond acceptors (Lipinski definition) is 2. The van der Waals surface area contributed by atoms with E-state index in [1.807, 2.05) is 0 Å². The Morgan fingerprint density at radius 1 is 1.41 bits per heavy atom. The third-order valence-electron chi connectivity index (χ3n) is 5.23.